The number of fused-ring (bicyclic) bond motifs is 3. The largest absolute Gasteiger partial charge is 0.489 e. The molecule has 3 aromatic rings. The lowest BCUT2D eigenvalue weighted by Gasteiger charge is -2.40. The summed E-state index contributed by atoms with van der Waals surface area (Å²) in [6, 6.07) is 16.8. The van der Waals surface area contributed by atoms with Gasteiger partial charge in [-0.25, -0.2) is 4.79 Å². The van der Waals surface area contributed by atoms with Gasteiger partial charge in [-0.3, -0.25) is 14.3 Å². The number of carbonyl (C=O) groups is 2. The second-order valence-corrected chi connectivity index (χ2v) is 8.33. The number of likely N-dealkylation sites (N-methyl/N-ethyl adjacent to an activating group) is 2. The lowest BCUT2D eigenvalue weighted by Crippen LogP contribution is -2.61. The molecule has 0 saturated carbocycles. The number of hydrogen-bond donors (Lipinski definition) is 0. The van der Waals surface area contributed by atoms with Gasteiger partial charge >= 0.3 is 6.03 Å². The molecule has 33 heavy (non-hydrogen) atoms. The molecule has 0 aliphatic carbocycles. The molecule has 2 atom stereocenters. The van der Waals surface area contributed by atoms with E-state index in [0.717, 1.165) is 23.3 Å². The van der Waals surface area contributed by atoms with E-state index in [1.165, 1.54) is 11.9 Å². The molecule has 0 radical (unpaired) electrons. The van der Waals surface area contributed by atoms with Gasteiger partial charge in [0.05, 0.1) is 0 Å². The van der Waals surface area contributed by atoms with Gasteiger partial charge in [0.2, 0.25) is 5.95 Å². The van der Waals surface area contributed by atoms with E-state index in [0.29, 0.717) is 24.9 Å². The Hall–Kier alpha value is -3.88. The number of amides is 3. The lowest BCUT2D eigenvalue weighted by atomic mass is 10.1. The lowest BCUT2D eigenvalue weighted by molar-refractivity contribution is -0.133. The fourth-order valence-corrected chi connectivity index (χ4v) is 4.56. The highest BCUT2D eigenvalue weighted by Gasteiger charge is 2.54. The molecule has 3 heterocycles. The van der Waals surface area contributed by atoms with E-state index in [2.05, 4.69) is 17.1 Å². The van der Waals surface area contributed by atoms with Crippen molar-refractivity contribution < 1.29 is 14.3 Å². The Balaban J connectivity index is 1.46. The number of ether oxygens (including phenoxy) is 1. The molecular formula is C24H26N6O3. The van der Waals surface area contributed by atoms with Crippen LogP contribution in [0.4, 0.5) is 10.7 Å². The molecular weight excluding hydrogens is 420 g/mol. The minimum Gasteiger partial charge on any atom is -0.489 e. The predicted molar refractivity (Wildman–Crippen MR) is 123 cm³/mol. The van der Waals surface area contributed by atoms with E-state index >= 15 is 0 Å². The van der Waals surface area contributed by atoms with Gasteiger partial charge < -0.3 is 14.5 Å². The number of hydrogen-bond acceptors (Lipinski definition) is 6. The summed E-state index contributed by atoms with van der Waals surface area (Å²) in [6.45, 7) is 3.18. The van der Waals surface area contributed by atoms with E-state index in [4.69, 9.17) is 4.74 Å². The van der Waals surface area contributed by atoms with Crippen molar-refractivity contribution in [3.8, 4) is 17.1 Å². The summed E-state index contributed by atoms with van der Waals surface area (Å²) in [5.41, 5.74) is 1.93. The van der Waals surface area contributed by atoms with Gasteiger partial charge in [-0.1, -0.05) is 37.3 Å². The average molecular weight is 447 g/mol. The summed E-state index contributed by atoms with van der Waals surface area (Å²) in [6.07, 6.45) is 0.342. The monoisotopic (exact) mass is 446 g/mol. The Morgan fingerprint density at radius 2 is 1.70 bits per heavy atom. The molecule has 9 heteroatoms. The molecule has 0 N–H and O–H groups in total. The van der Waals surface area contributed by atoms with Crippen LogP contribution in [0.2, 0.25) is 0 Å². The molecule has 2 aliphatic rings. The number of rotatable bonds is 6. The Morgan fingerprint density at radius 1 is 0.970 bits per heavy atom. The molecule has 2 aliphatic heterocycles. The van der Waals surface area contributed by atoms with Crippen LogP contribution in [0.5, 0.6) is 5.75 Å². The maximum Gasteiger partial charge on any atom is 0.327 e. The number of carbonyl (C=O) groups excluding carboxylic acids is 2. The highest BCUT2D eigenvalue weighted by molar-refractivity contribution is 6.02. The van der Waals surface area contributed by atoms with E-state index in [9.17, 15) is 9.59 Å². The number of anilines is 1. The number of urea groups is 1. The number of imide groups is 1. The number of aromatic nitrogens is 3. The van der Waals surface area contributed by atoms with Crippen molar-refractivity contribution in [1.82, 2.24) is 24.6 Å². The maximum absolute atomic E-state index is 13.1. The molecule has 0 spiro atoms. The first kappa shape index (κ1) is 21.0. The fourth-order valence-electron chi connectivity index (χ4n) is 4.56. The van der Waals surface area contributed by atoms with Crippen LogP contribution in [0.1, 0.15) is 25.1 Å². The topological polar surface area (TPSA) is 83.8 Å². The van der Waals surface area contributed by atoms with Crippen molar-refractivity contribution in [2.45, 2.75) is 32.2 Å². The smallest absolute Gasteiger partial charge is 0.327 e. The summed E-state index contributed by atoms with van der Waals surface area (Å²) in [5.74, 6) is 1.74. The van der Waals surface area contributed by atoms with Crippen molar-refractivity contribution >= 4 is 17.9 Å². The van der Waals surface area contributed by atoms with Crippen LogP contribution in [0.3, 0.4) is 0 Å². The first-order valence-corrected chi connectivity index (χ1v) is 11.0. The molecule has 3 amide bonds. The van der Waals surface area contributed by atoms with Gasteiger partial charge in [0.25, 0.3) is 5.91 Å². The molecule has 2 aromatic carbocycles. The third-order valence-electron chi connectivity index (χ3n) is 6.21. The van der Waals surface area contributed by atoms with E-state index in [1.54, 1.807) is 11.9 Å². The zero-order valence-electron chi connectivity index (χ0n) is 18.9. The summed E-state index contributed by atoms with van der Waals surface area (Å²) in [7, 11) is 3.24. The average Bonchev–Trinajstić information content (AvgIpc) is 3.40. The minimum absolute atomic E-state index is 0.224. The molecule has 2 unspecified atom stereocenters. The Labute approximate surface area is 192 Å². The van der Waals surface area contributed by atoms with Crippen molar-refractivity contribution in [1.29, 1.82) is 0 Å². The second kappa shape index (κ2) is 8.23. The van der Waals surface area contributed by atoms with Crippen LogP contribution >= 0.6 is 0 Å². The molecule has 5 rings (SSSR count). The molecule has 1 aromatic heterocycles. The quantitative estimate of drug-likeness (QED) is 0.579. The van der Waals surface area contributed by atoms with Gasteiger partial charge in [-0.05, 0) is 36.2 Å². The van der Waals surface area contributed by atoms with Crippen molar-refractivity contribution in [3.05, 3.63) is 60.2 Å². The molecule has 0 bridgehead atoms. The first-order valence-electron chi connectivity index (χ1n) is 11.0. The summed E-state index contributed by atoms with van der Waals surface area (Å²) in [4.78, 5) is 30.5. The number of nitrogens with zero attached hydrogens (tertiary/aromatic N) is 6. The van der Waals surface area contributed by atoms with Crippen LogP contribution in [0.25, 0.3) is 11.4 Å². The Bertz CT molecular complexity index is 1180. The normalized spacial score (nSPS) is 19.7. The van der Waals surface area contributed by atoms with Gasteiger partial charge in [0.15, 0.2) is 11.9 Å². The highest BCUT2D eigenvalue weighted by atomic mass is 16.5. The van der Waals surface area contributed by atoms with E-state index in [-0.39, 0.29) is 11.9 Å². The zero-order chi connectivity index (χ0) is 23.1. The summed E-state index contributed by atoms with van der Waals surface area (Å²) >= 11 is 0. The third-order valence-corrected chi connectivity index (χ3v) is 6.21. The van der Waals surface area contributed by atoms with Gasteiger partial charge in [-0.15, -0.1) is 10.2 Å². The van der Waals surface area contributed by atoms with Crippen LogP contribution in [-0.4, -0.2) is 63.2 Å². The second-order valence-electron chi connectivity index (χ2n) is 8.33. The van der Waals surface area contributed by atoms with Gasteiger partial charge in [0.1, 0.15) is 18.5 Å². The zero-order valence-corrected chi connectivity index (χ0v) is 18.9. The molecule has 9 nitrogen and oxygen atoms in total. The Kier molecular flexibility index (Phi) is 5.24. The molecule has 1 saturated heterocycles. The van der Waals surface area contributed by atoms with E-state index < -0.39 is 12.2 Å². The number of benzene rings is 2. The summed E-state index contributed by atoms with van der Waals surface area (Å²) in [5, 5.41) is 8.84. The highest BCUT2D eigenvalue weighted by Crippen LogP contribution is 2.42. The van der Waals surface area contributed by atoms with Crippen molar-refractivity contribution in [2.75, 3.05) is 25.5 Å². The standard InChI is InChI=1S/C24H26N6O3/c1-4-14-29-19-21(27(2)24(32)28(3)22(19)31)30-20(25-26-23(29)30)17-10-12-18(13-11-17)33-15-16-8-6-5-7-9-16/h5-13,19,21H,4,14-15H2,1-3H3. The molecule has 1 fully saturated rings. The summed E-state index contributed by atoms with van der Waals surface area (Å²) < 4.78 is 7.80. The fraction of sp³-hybridized carbons (Fsp3) is 0.333. The van der Waals surface area contributed by atoms with Crippen LogP contribution in [0, 0.1) is 0 Å². The SMILES string of the molecule is CCCN1c2nnc(-c3ccc(OCc4ccccc4)cc3)n2C2C1C(=O)N(C)C(=O)N2C. The van der Waals surface area contributed by atoms with Crippen LogP contribution in [0.15, 0.2) is 54.6 Å². The van der Waals surface area contributed by atoms with Crippen molar-refractivity contribution in [2.24, 2.45) is 0 Å². The minimum atomic E-state index is -0.518. The van der Waals surface area contributed by atoms with Gasteiger partial charge in [0, 0.05) is 26.2 Å². The van der Waals surface area contributed by atoms with Crippen molar-refractivity contribution in [3.63, 3.8) is 0 Å². The van der Waals surface area contributed by atoms with Crippen LogP contribution in [-0.2, 0) is 11.4 Å². The first-order chi connectivity index (χ1) is 16.0. The maximum atomic E-state index is 13.1. The third kappa shape index (κ3) is 3.40. The van der Waals surface area contributed by atoms with Crippen LogP contribution < -0.4 is 9.64 Å². The molecule has 170 valence electrons. The Morgan fingerprint density at radius 3 is 2.39 bits per heavy atom. The predicted octanol–water partition coefficient (Wildman–Crippen LogP) is 3.15. The van der Waals surface area contributed by atoms with Gasteiger partial charge in [-0.2, -0.15) is 0 Å². The van der Waals surface area contributed by atoms with E-state index in [1.807, 2.05) is 64.1 Å².